The van der Waals surface area contributed by atoms with Crippen LogP contribution in [0.1, 0.15) is 33.1 Å². The summed E-state index contributed by atoms with van der Waals surface area (Å²) >= 11 is 0. The Balaban J connectivity index is 2.65. The van der Waals surface area contributed by atoms with E-state index in [1.807, 2.05) is 13.8 Å². The van der Waals surface area contributed by atoms with Crippen molar-refractivity contribution < 1.29 is 13.2 Å². The highest BCUT2D eigenvalue weighted by molar-refractivity contribution is 8.14. The first-order valence-electron chi connectivity index (χ1n) is 4.50. The van der Waals surface area contributed by atoms with Gasteiger partial charge in [-0.25, -0.2) is 8.42 Å². The summed E-state index contributed by atoms with van der Waals surface area (Å²) in [6.45, 7) is 3.80. The van der Waals surface area contributed by atoms with Gasteiger partial charge in [0.05, 0.1) is 12.2 Å². The first-order chi connectivity index (χ1) is 5.91. The second kappa shape index (κ2) is 4.15. The molecule has 0 aromatic heterocycles. The van der Waals surface area contributed by atoms with Gasteiger partial charge in [0.1, 0.15) is 5.25 Å². The maximum absolute atomic E-state index is 11.1. The zero-order valence-electron chi connectivity index (χ0n) is 7.86. The molecule has 1 fully saturated rings. The zero-order valence-corrected chi connectivity index (χ0v) is 9.44. The Labute approximate surface area is 83.8 Å². The minimum Gasteiger partial charge on any atom is -0.374 e. The van der Waals surface area contributed by atoms with E-state index in [0.29, 0.717) is 6.42 Å². The Kier molecular flexibility index (Phi) is 3.60. The lowest BCUT2D eigenvalue weighted by Crippen LogP contribution is -2.30. The normalized spacial score (nSPS) is 29.8. The molecule has 0 N–H and O–H groups in total. The number of hydrogen-bond donors (Lipinski definition) is 0. The standard InChI is InChI=1S/C8H15ClO3S/c1-6(2)12-7-4-3-5-8(7)13(9,10)11/h6-8H,3-5H2,1-2H3/t7-,8+/m1/s1. The third-order valence-electron chi connectivity index (χ3n) is 2.20. The highest BCUT2D eigenvalue weighted by Gasteiger charge is 2.37. The Morgan fingerprint density at radius 3 is 2.46 bits per heavy atom. The molecule has 0 heterocycles. The van der Waals surface area contributed by atoms with Crippen LogP contribution in [0.5, 0.6) is 0 Å². The van der Waals surface area contributed by atoms with Crippen molar-refractivity contribution in [1.29, 1.82) is 0 Å². The summed E-state index contributed by atoms with van der Waals surface area (Å²) in [5, 5.41) is -0.503. The predicted molar refractivity (Wildman–Crippen MR) is 52.4 cm³/mol. The molecule has 2 atom stereocenters. The maximum Gasteiger partial charge on any atom is 0.238 e. The van der Waals surface area contributed by atoms with Gasteiger partial charge in [-0.3, -0.25) is 0 Å². The number of hydrogen-bond acceptors (Lipinski definition) is 3. The number of rotatable bonds is 3. The van der Waals surface area contributed by atoms with Crippen molar-refractivity contribution in [2.24, 2.45) is 0 Å². The molecule has 0 aliphatic heterocycles. The van der Waals surface area contributed by atoms with Gasteiger partial charge in [-0.05, 0) is 33.1 Å². The van der Waals surface area contributed by atoms with Gasteiger partial charge in [0, 0.05) is 10.7 Å². The first-order valence-corrected chi connectivity index (χ1v) is 6.87. The summed E-state index contributed by atoms with van der Waals surface area (Å²) < 4.78 is 27.7. The van der Waals surface area contributed by atoms with E-state index in [1.165, 1.54) is 0 Å². The van der Waals surface area contributed by atoms with E-state index >= 15 is 0 Å². The number of halogens is 1. The van der Waals surface area contributed by atoms with Gasteiger partial charge in [0.15, 0.2) is 0 Å². The van der Waals surface area contributed by atoms with Crippen LogP contribution in [0.3, 0.4) is 0 Å². The fourth-order valence-corrected chi connectivity index (χ4v) is 3.34. The Bertz CT molecular complexity index is 261. The van der Waals surface area contributed by atoms with Gasteiger partial charge in [0.25, 0.3) is 0 Å². The summed E-state index contributed by atoms with van der Waals surface area (Å²) in [5.41, 5.74) is 0. The summed E-state index contributed by atoms with van der Waals surface area (Å²) in [6, 6.07) is 0. The average Bonchev–Trinajstić information content (AvgIpc) is 2.31. The summed E-state index contributed by atoms with van der Waals surface area (Å²) in [6.07, 6.45) is 2.16. The lowest BCUT2D eigenvalue weighted by Gasteiger charge is -2.19. The number of ether oxygens (including phenoxy) is 1. The molecule has 0 bridgehead atoms. The lowest BCUT2D eigenvalue weighted by molar-refractivity contribution is 0.0146. The van der Waals surface area contributed by atoms with E-state index in [2.05, 4.69) is 0 Å². The maximum atomic E-state index is 11.1. The molecule has 0 aromatic carbocycles. The largest absolute Gasteiger partial charge is 0.374 e. The van der Waals surface area contributed by atoms with Crippen LogP contribution >= 0.6 is 10.7 Å². The van der Waals surface area contributed by atoms with Crippen molar-refractivity contribution >= 4 is 19.7 Å². The first kappa shape index (κ1) is 11.3. The van der Waals surface area contributed by atoms with Crippen molar-refractivity contribution in [2.75, 3.05) is 0 Å². The molecule has 78 valence electrons. The van der Waals surface area contributed by atoms with Crippen molar-refractivity contribution in [3.8, 4) is 0 Å². The van der Waals surface area contributed by atoms with E-state index in [4.69, 9.17) is 15.4 Å². The summed E-state index contributed by atoms with van der Waals surface area (Å²) in [4.78, 5) is 0. The van der Waals surface area contributed by atoms with E-state index in [1.54, 1.807) is 0 Å². The minimum atomic E-state index is -3.45. The van der Waals surface area contributed by atoms with E-state index in [0.717, 1.165) is 12.8 Å². The Morgan fingerprint density at radius 1 is 1.38 bits per heavy atom. The molecule has 13 heavy (non-hydrogen) atoms. The van der Waals surface area contributed by atoms with Crippen LogP contribution < -0.4 is 0 Å². The fraction of sp³-hybridized carbons (Fsp3) is 1.00. The van der Waals surface area contributed by atoms with Crippen LogP contribution in [0, 0.1) is 0 Å². The third-order valence-corrected chi connectivity index (χ3v) is 4.15. The van der Waals surface area contributed by atoms with Gasteiger partial charge in [-0.2, -0.15) is 0 Å². The smallest absolute Gasteiger partial charge is 0.238 e. The van der Waals surface area contributed by atoms with Gasteiger partial charge in [-0.1, -0.05) is 0 Å². The molecule has 0 amide bonds. The van der Waals surface area contributed by atoms with Crippen molar-refractivity contribution in [3.05, 3.63) is 0 Å². The molecule has 1 saturated carbocycles. The van der Waals surface area contributed by atoms with Crippen LogP contribution in [-0.2, 0) is 13.8 Å². The molecule has 0 aromatic rings. The predicted octanol–water partition coefficient (Wildman–Crippen LogP) is 1.90. The Hall–Kier alpha value is 0.200. The molecule has 1 aliphatic carbocycles. The highest BCUT2D eigenvalue weighted by Crippen LogP contribution is 2.30. The molecule has 3 nitrogen and oxygen atoms in total. The zero-order chi connectivity index (χ0) is 10.1. The highest BCUT2D eigenvalue weighted by atomic mass is 35.7. The van der Waals surface area contributed by atoms with Gasteiger partial charge >= 0.3 is 0 Å². The van der Waals surface area contributed by atoms with Crippen LogP contribution in [0.25, 0.3) is 0 Å². The van der Waals surface area contributed by atoms with Crippen molar-refractivity contribution in [2.45, 2.75) is 50.6 Å². The van der Waals surface area contributed by atoms with E-state index in [-0.39, 0.29) is 12.2 Å². The molecule has 0 spiro atoms. The van der Waals surface area contributed by atoms with E-state index < -0.39 is 14.3 Å². The van der Waals surface area contributed by atoms with Crippen LogP contribution in [0.15, 0.2) is 0 Å². The van der Waals surface area contributed by atoms with Crippen LogP contribution in [-0.4, -0.2) is 25.9 Å². The molecule has 1 aliphatic rings. The van der Waals surface area contributed by atoms with E-state index in [9.17, 15) is 8.42 Å². The lowest BCUT2D eigenvalue weighted by atomic mass is 10.3. The second-order valence-corrected chi connectivity index (χ2v) is 6.52. The Morgan fingerprint density at radius 2 is 2.00 bits per heavy atom. The average molecular weight is 227 g/mol. The van der Waals surface area contributed by atoms with Gasteiger partial charge in [0.2, 0.25) is 9.05 Å². The van der Waals surface area contributed by atoms with Crippen molar-refractivity contribution in [1.82, 2.24) is 0 Å². The fourth-order valence-electron chi connectivity index (χ4n) is 1.72. The quantitative estimate of drug-likeness (QED) is 0.691. The van der Waals surface area contributed by atoms with Crippen molar-refractivity contribution in [3.63, 3.8) is 0 Å². The molecular weight excluding hydrogens is 212 g/mol. The molecule has 5 heteroatoms. The molecular formula is C8H15ClO3S. The molecule has 0 unspecified atom stereocenters. The minimum absolute atomic E-state index is 0.0593. The van der Waals surface area contributed by atoms with Gasteiger partial charge < -0.3 is 4.74 Å². The van der Waals surface area contributed by atoms with Crippen LogP contribution in [0.4, 0.5) is 0 Å². The molecule has 0 radical (unpaired) electrons. The summed E-state index contributed by atoms with van der Waals surface area (Å²) in [5.74, 6) is 0. The monoisotopic (exact) mass is 226 g/mol. The summed E-state index contributed by atoms with van der Waals surface area (Å²) in [7, 11) is 1.86. The van der Waals surface area contributed by atoms with Crippen LogP contribution in [0.2, 0.25) is 0 Å². The third kappa shape index (κ3) is 3.11. The topological polar surface area (TPSA) is 43.4 Å². The SMILES string of the molecule is CC(C)O[C@@H]1CCC[C@@H]1S(=O)(=O)Cl. The second-order valence-electron chi connectivity index (χ2n) is 3.67. The van der Waals surface area contributed by atoms with Gasteiger partial charge in [-0.15, -0.1) is 0 Å². The molecule has 0 saturated heterocycles. The molecule has 1 rings (SSSR count).